The van der Waals surface area contributed by atoms with Gasteiger partial charge in [0.05, 0.1) is 28.9 Å². The third-order valence-electron chi connectivity index (χ3n) is 1.81. The van der Waals surface area contributed by atoms with Crippen molar-refractivity contribution in [2.24, 2.45) is 0 Å². The number of methoxy groups -OCH3 is 1. The van der Waals surface area contributed by atoms with Gasteiger partial charge in [-0.05, 0) is 6.07 Å². The number of rotatable bonds is 3. The molecular weight excluding hydrogens is 263 g/mol. The van der Waals surface area contributed by atoms with Gasteiger partial charge in [0.1, 0.15) is 5.75 Å². The fourth-order valence-electron chi connectivity index (χ4n) is 1.12. The Morgan fingerprint density at radius 3 is 2.50 bits per heavy atom. The van der Waals surface area contributed by atoms with Gasteiger partial charge >= 0.3 is 6.18 Å². The van der Waals surface area contributed by atoms with Crippen LogP contribution in [0, 0.1) is 0 Å². The highest BCUT2D eigenvalue weighted by Crippen LogP contribution is 2.40. The van der Waals surface area contributed by atoms with Crippen LogP contribution in [-0.2, 0) is 6.18 Å². The number of thiocarbonyl (C=S) groups is 1. The second-order valence-electron chi connectivity index (χ2n) is 2.79. The van der Waals surface area contributed by atoms with E-state index in [0.717, 1.165) is 17.6 Å². The number of anilines is 1. The molecule has 1 aromatic rings. The van der Waals surface area contributed by atoms with E-state index in [-0.39, 0.29) is 11.4 Å². The fraction of sp³-hybridized carbons (Fsp3) is 0.222. The van der Waals surface area contributed by atoms with Crippen molar-refractivity contribution < 1.29 is 17.9 Å². The van der Waals surface area contributed by atoms with Crippen LogP contribution in [0.3, 0.4) is 0 Å². The Kier molecular flexibility index (Phi) is 3.98. The van der Waals surface area contributed by atoms with Crippen LogP contribution in [0.2, 0.25) is 5.02 Å². The van der Waals surface area contributed by atoms with Crippen molar-refractivity contribution >= 4 is 35.0 Å². The van der Waals surface area contributed by atoms with Gasteiger partial charge in [-0.2, -0.15) is 13.2 Å². The Labute approximate surface area is 100 Å². The molecule has 2 nitrogen and oxygen atoms in total. The number of nitrogens with one attached hydrogen (secondary N) is 1. The number of benzene rings is 1. The maximum Gasteiger partial charge on any atom is 0.417 e. The van der Waals surface area contributed by atoms with Crippen molar-refractivity contribution in [3.05, 3.63) is 22.7 Å². The molecule has 0 aliphatic rings. The number of hydrogen-bond donors (Lipinski definition) is 1. The Morgan fingerprint density at radius 1 is 1.44 bits per heavy atom. The first-order valence-corrected chi connectivity index (χ1v) is 4.90. The Morgan fingerprint density at radius 2 is 2.06 bits per heavy atom. The first-order chi connectivity index (χ1) is 7.40. The first kappa shape index (κ1) is 13.1. The molecule has 88 valence electrons. The van der Waals surface area contributed by atoms with Crippen molar-refractivity contribution in [3.8, 4) is 5.75 Å². The van der Waals surface area contributed by atoms with Crippen molar-refractivity contribution in [2.75, 3.05) is 12.4 Å². The van der Waals surface area contributed by atoms with Crippen LogP contribution in [0.1, 0.15) is 5.56 Å². The lowest BCUT2D eigenvalue weighted by molar-refractivity contribution is -0.137. The highest BCUT2D eigenvalue weighted by molar-refractivity contribution is 7.79. The molecule has 0 unspecified atom stereocenters. The van der Waals surface area contributed by atoms with Crippen LogP contribution >= 0.6 is 23.8 Å². The Hall–Kier alpha value is -1.01. The lowest BCUT2D eigenvalue weighted by Gasteiger charge is -2.14. The molecule has 0 aromatic heterocycles. The second kappa shape index (κ2) is 4.88. The molecule has 1 aromatic carbocycles. The number of halogens is 4. The van der Waals surface area contributed by atoms with Crippen LogP contribution in [0.5, 0.6) is 5.75 Å². The fourth-order valence-corrected chi connectivity index (χ4v) is 1.51. The largest absolute Gasteiger partial charge is 0.495 e. The van der Waals surface area contributed by atoms with Gasteiger partial charge < -0.3 is 10.1 Å². The summed E-state index contributed by atoms with van der Waals surface area (Å²) in [6.07, 6.45) is -4.51. The summed E-state index contributed by atoms with van der Waals surface area (Å²) in [5.41, 5.74) is 0.273. The van der Waals surface area contributed by atoms with Crippen LogP contribution < -0.4 is 10.1 Å². The maximum atomic E-state index is 12.5. The zero-order valence-electron chi connectivity index (χ0n) is 8.06. The SMILES string of the molecule is COc1cc(Cl)c(C(F)(F)F)cc1NC=S. The van der Waals surface area contributed by atoms with Crippen molar-refractivity contribution in [2.45, 2.75) is 6.18 Å². The highest BCUT2D eigenvalue weighted by Gasteiger charge is 2.34. The summed E-state index contributed by atoms with van der Waals surface area (Å²) in [5.74, 6) is 0.194. The molecule has 0 aliphatic heterocycles. The van der Waals surface area contributed by atoms with Crippen molar-refractivity contribution in [1.29, 1.82) is 0 Å². The molecule has 1 rings (SSSR count). The summed E-state index contributed by atoms with van der Waals surface area (Å²) < 4.78 is 42.4. The smallest absolute Gasteiger partial charge is 0.417 e. The van der Waals surface area contributed by atoms with Gasteiger partial charge in [0.15, 0.2) is 0 Å². The molecule has 0 fully saturated rings. The van der Waals surface area contributed by atoms with E-state index in [9.17, 15) is 13.2 Å². The van der Waals surface area contributed by atoms with Gasteiger partial charge in [0.25, 0.3) is 0 Å². The average molecular weight is 270 g/mol. The zero-order valence-corrected chi connectivity index (χ0v) is 9.63. The van der Waals surface area contributed by atoms with Crippen LogP contribution in [0.25, 0.3) is 0 Å². The van der Waals surface area contributed by atoms with E-state index in [1.165, 1.54) is 7.11 Å². The van der Waals surface area contributed by atoms with Crippen LogP contribution in [0.4, 0.5) is 18.9 Å². The predicted molar refractivity (Wildman–Crippen MR) is 60.3 cm³/mol. The topological polar surface area (TPSA) is 21.3 Å². The monoisotopic (exact) mass is 269 g/mol. The quantitative estimate of drug-likeness (QED) is 0.845. The average Bonchev–Trinajstić information content (AvgIpc) is 2.18. The number of alkyl halides is 3. The molecule has 0 atom stereocenters. The molecule has 0 spiro atoms. The normalized spacial score (nSPS) is 11.1. The summed E-state index contributed by atoms with van der Waals surface area (Å²) in [6.45, 7) is 0. The van der Waals surface area contributed by atoms with Gasteiger partial charge in [-0.3, -0.25) is 0 Å². The van der Waals surface area contributed by atoms with E-state index in [1.54, 1.807) is 0 Å². The molecular formula is C9H7ClF3NOS. The van der Waals surface area contributed by atoms with Crippen LogP contribution in [0.15, 0.2) is 12.1 Å². The minimum Gasteiger partial charge on any atom is -0.495 e. The number of ether oxygens (including phenoxy) is 1. The van der Waals surface area contributed by atoms with Gasteiger partial charge in [-0.15, -0.1) is 0 Å². The third-order valence-corrected chi connectivity index (χ3v) is 2.24. The summed E-state index contributed by atoms with van der Waals surface area (Å²) in [4.78, 5) is 0. The van der Waals surface area contributed by atoms with E-state index in [1.807, 2.05) is 0 Å². The van der Waals surface area contributed by atoms with E-state index < -0.39 is 16.8 Å². The lowest BCUT2D eigenvalue weighted by Crippen LogP contribution is -2.08. The molecule has 1 N–H and O–H groups in total. The highest BCUT2D eigenvalue weighted by atomic mass is 35.5. The van der Waals surface area contributed by atoms with E-state index >= 15 is 0 Å². The summed E-state index contributed by atoms with van der Waals surface area (Å²) >= 11 is 10.0. The van der Waals surface area contributed by atoms with Crippen LogP contribution in [-0.4, -0.2) is 12.6 Å². The molecule has 16 heavy (non-hydrogen) atoms. The standard InChI is InChI=1S/C9H7ClF3NOS/c1-15-8-3-6(10)5(9(11,12)13)2-7(8)14-4-16/h2-4H,1H3,(H,14,16). The molecule has 0 radical (unpaired) electrons. The molecule has 0 saturated heterocycles. The first-order valence-electron chi connectivity index (χ1n) is 4.05. The zero-order chi connectivity index (χ0) is 12.3. The number of hydrogen-bond acceptors (Lipinski definition) is 2. The van der Waals surface area contributed by atoms with Gasteiger partial charge in [0.2, 0.25) is 0 Å². The molecule has 7 heteroatoms. The lowest BCUT2D eigenvalue weighted by atomic mass is 10.1. The summed E-state index contributed by atoms with van der Waals surface area (Å²) in [6, 6.07) is 1.94. The third kappa shape index (κ3) is 2.76. The molecule has 0 amide bonds. The second-order valence-corrected chi connectivity index (χ2v) is 3.44. The molecule has 0 saturated carbocycles. The maximum absolute atomic E-state index is 12.5. The van der Waals surface area contributed by atoms with Crippen molar-refractivity contribution in [1.82, 2.24) is 0 Å². The Bertz CT molecular complexity index is 408. The predicted octanol–water partition coefficient (Wildman–Crippen LogP) is 3.74. The van der Waals surface area contributed by atoms with Gasteiger partial charge in [-0.25, -0.2) is 0 Å². The minimum atomic E-state index is -4.51. The Balaban J connectivity index is 3.32. The molecule has 0 bridgehead atoms. The molecule has 0 aliphatic carbocycles. The van der Waals surface area contributed by atoms with E-state index in [2.05, 4.69) is 17.5 Å². The minimum absolute atomic E-state index is 0.120. The summed E-state index contributed by atoms with van der Waals surface area (Å²) in [7, 11) is 1.33. The van der Waals surface area contributed by atoms with Gasteiger partial charge in [-0.1, -0.05) is 23.8 Å². The molecule has 0 heterocycles. The van der Waals surface area contributed by atoms with E-state index in [4.69, 9.17) is 16.3 Å². The van der Waals surface area contributed by atoms with Crippen molar-refractivity contribution in [3.63, 3.8) is 0 Å². The van der Waals surface area contributed by atoms with E-state index in [0.29, 0.717) is 0 Å². The van der Waals surface area contributed by atoms with Gasteiger partial charge in [0, 0.05) is 6.07 Å². The summed E-state index contributed by atoms with van der Waals surface area (Å²) in [5, 5.41) is 2.06.